The van der Waals surface area contributed by atoms with E-state index in [1.807, 2.05) is 0 Å². The minimum absolute atomic E-state index is 0.0299. The number of ether oxygens (including phenoxy) is 1. The summed E-state index contributed by atoms with van der Waals surface area (Å²) in [6, 6.07) is 1.73. The Labute approximate surface area is 133 Å². The van der Waals surface area contributed by atoms with Gasteiger partial charge in [0.1, 0.15) is 22.2 Å². The zero-order valence-electron chi connectivity index (χ0n) is 11.2. The summed E-state index contributed by atoms with van der Waals surface area (Å²) < 4.78 is 43.1. The summed E-state index contributed by atoms with van der Waals surface area (Å²) >= 11 is 7.00. The Bertz CT molecular complexity index is 683. The number of aromatic hydroxyl groups is 1. The lowest BCUT2D eigenvalue weighted by Crippen LogP contribution is -2.08. The number of aromatic nitrogens is 2. The van der Waals surface area contributed by atoms with Crippen molar-refractivity contribution in [2.75, 3.05) is 7.11 Å². The fraction of sp³-hybridized carbons (Fsp3) is 0.231. The van der Waals surface area contributed by atoms with Crippen molar-refractivity contribution in [3.63, 3.8) is 0 Å². The number of hydrogen-bond donors (Lipinski definition) is 1. The monoisotopic (exact) mass is 350 g/mol. The quantitative estimate of drug-likeness (QED) is 0.839. The number of alkyl halides is 3. The number of rotatable bonds is 4. The van der Waals surface area contributed by atoms with Gasteiger partial charge in [0.2, 0.25) is 0 Å². The predicted octanol–water partition coefficient (Wildman–Crippen LogP) is 4.16. The molecule has 0 aliphatic rings. The third-order valence-electron chi connectivity index (χ3n) is 2.63. The molecule has 9 heteroatoms. The van der Waals surface area contributed by atoms with Crippen molar-refractivity contribution in [2.45, 2.75) is 17.0 Å². The second-order valence-corrected chi connectivity index (χ2v) is 5.54. The first-order valence-corrected chi connectivity index (χ1v) is 7.25. The highest BCUT2D eigenvalue weighted by Gasteiger charge is 2.33. The second-order valence-electron chi connectivity index (χ2n) is 4.14. The van der Waals surface area contributed by atoms with Gasteiger partial charge < -0.3 is 9.84 Å². The van der Waals surface area contributed by atoms with E-state index in [0.29, 0.717) is 22.4 Å². The zero-order valence-corrected chi connectivity index (χ0v) is 12.8. The maximum absolute atomic E-state index is 12.7. The average Bonchev–Trinajstić information content (AvgIpc) is 2.44. The Kier molecular flexibility index (Phi) is 5.02. The molecule has 0 fully saturated rings. The molecule has 22 heavy (non-hydrogen) atoms. The highest BCUT2D eigenvalue weighted by Crippen LogP contribution is 2.35. The topological polar surface area (TPSA) is 55.2 Å². The van der Waals surface area contributed by atoms with Gasteiger partial charge in [-0.25, -0.2) is 4.98 Å². The highest BCUT2D eigenvalue weighted by atomic mass is 35.5. The molecular formula is C13H10ClF3N2O2S. The number of pyridine rings is 2. The first-order chi connectivity index (χ1) is 10.3. The van der Waals surface area contributed by atoms with Gasteiger partial charge in [-0.1, -0.05) is 11.6 Å². The lowest BCUT2D eigenvalue weighted by molar-refractivity contribution is -0.141. The molecule has 0 saturated heterocycles. The summed E-state index contributed by atoms with van der Waals surface area (Å²) in [5, 5.41) is 9.76. The molecule has 2 aromatic rings. The molecule has 0 saturated carbocycles. The van der Waals surface area contributed by atoms with Crippen LogP contribution in [-0.2, 0) is 11.9 Å². The number of hydrogen-bond acceptors (Lipinski definition) is 5. The van der Waals surface area contributed by atoms with Crippen LogP contribution in [0.3, 0.4) is 0 Å². The fourth-order valence-electron chi connectivity index (χ4n) is 1.62. The predicted molar refractivity (Wildman–Crippen MR) is 76.3 cm³/mol. The summed E-state index contributed by atoms with van der Waals surface area (Å²) in [6.07, 6.45) is -1.75. The van der Waals surface area contributed by atoms with Crippen molar-refractivity contribution < 1.29 is 23.0 Å². The van der Waals surface area contributed by atoms with Crippen molar-refractivity contribution >= 4 is 23.4 Å². The maximum Gasteiger partial charge on any atom is 0.433 e. The van der Waals surface area contributed by atoms with Gasteiger partial charge in [0, 0.05) is 29.6 Å². The smallest absolute Gasteiger partial charge is 0.433 e. The van der Waals surface area contributed by atoms with Crippen LogP contribution in [0, 0.1) is 0 Å². The van der Waals surface area contributed by atoms with E-state index in [0.717, 1.165) is 17.8 Å². The standard InChI is InChI=1S/C13H10ClF3N2O2S/c1-21-10-5-18-4-9(14)8(10)6-22-12-3-7(20)2-11(19-12)13(15,16)17/h2-5H,6H2,1H3,(H,19,20). The van der Waals surface area contributed by atoms with Gasteiger partial charge in [-0.3, -0.25) is 4.98 Å². The molecule has 0 aromatic carbocycles. The van der Waals surface area contributed by atoms with Crippen molar-refractivity contribution in [3.05, 3.63) is 40.8 Å². The third-order valence-corrected chi connectivity index (χ3v) is 3.89. The number of nitrogens with zero attached hydrogens (tertiary/aromatic N) is 2. The summed E-state index contributed by atoms with van der Waals surface area (Å²) in [5.41, 5.74) is -0.564. The van der Waals surface area contributed by atoms with E-state index in [9.17, 15) is 18.3 Å². The summed E-state index contributed by atoms with van der Waals surface area (Å²) in [5.74, 6) is 0.145. The van der Waals surface area contributed by atoms with Gasteiger partial charge in [0.15, 0.2) is 0 Å². The molecule has 4 nitrogen and oxygen atoms in total. The molecule has 1 N–H and O–H groups in total. The van der Waals surface area contributed by atoms with Crippen LogP contribution in [-0.4, -0.2) is 22.2 Å². The summed E-state index contributed by atoms with van der Waals surface area (Å²) in [7, 11) is 1.44. The largest absolute Gasteiger partial charge is 0.508 e. The zero-order chi connectivity index (χ0) is 16.3. The molecule has 0 atom stereocenters. The Morgan fingerprint density at radius 3 is 2.68 bits per heavy atom. The molecule has 0 unspecified atom stereocenters. The lowest BCUT2D eigenvalue weighted by atomic mass is 10.3. The van der Waals surface area contributed by atoms with Crippen LogP contribution in [0.15, 0.2) is 29.6 Å². The van der Waals surface area contributed by atoms with E-state index < -0.39 is 17.6 Å². The van der Waals surface area contributed by atoms with E-state index in [-0.39, 0.29) is 10.8 Å². The molecule has 0 spiro atoms. The average molecular weight is 351 g/mol. The van der Waals surface area contributed by atoms with E-state index in [2.05, 4.69) is 9.97 Å². The van der Waals surface area contributed by atoms with Crippen molar-refractivity contribution in [3.8, 4) is 11.5 Å². The Hall–Kier alpha value is -1.67. The normalized spacial score (nSPS) is 11.5. The van der Waals surface area contributed by atoms with Crippen LogP contribution in [0.25, 0.3) is 0 Å². The minimum atomic E-state index is -4.62. The van der Waals surface area contributed by atoms with Gasteiger partial charge in [0.25, 0.3) is 0 Å². The second kappa shape index (κ2) is 6.62. The molecule has 0 bridgehead atoms. The fourth-order valence-corrected chi connectivity index (χ4v) is 2.87. The Morgan fingerprint density at radius 1 is 1.32 bits per heavy atom. The third kappa shape index (κ3) is 3.95. The van der Waals surface area contributed by atoms with Gasteiger partial charge in [0.05, 0.1) is 18.3 Å². The lowest BCUT2D eigenvalue weighted by Gasteiger charge is -2.11. The molecule has 0 aliphatic carbocycles. The summed E-state index contributed by atoms with van der Waals surface area (Å²) in [6.45, 7) is 0. The highest BCUT2D eigenvalue weighted by molar-refractivity contribution is 7.98. The maximum atomic E-state index is 12.7. The van der Waals surface area contributed by atoms with Crippen LogP contribution in [0.1, 0.15) is 11.3 Å². The van der Waals surface area contributed by atoms with Crippen LogP contribution in [0.4, 0.5) is 13.2 Å². The molecule has 2 rings (SSSR count). The van der Waals surface area contributed by atoms with Crippen LogP contribution in [0.5, 0.6) is 11.5 Å². The van der Waals surface area contributed by atoms with Gasteiger partial charge in [-0.2, -0.15) is 13.2 Å². The molecular weight excluding hydrogens is 341 g/mol. The van der Waals surface area contributed by atoms with E-state index in [4.69, 9.17) is 16.3 Å². The number of methoxy groups -OCH3 is 1. The SMILES string of the molecule is COc1cncc(Cl)c1CSc1cc(O)cc(C(F)(F)F)n1. The van der Waals surface area contributed by atoms with E-state index >= 15 is 0 Å². The van der Waals surface area contributed by atoms with Crippen LogP contribution >= 0.6 is 23.4 Å². The minimum Gasteiger partial charge on any atom is -0.508 e. The molecule has 118 valence electrons. The van der Waals surface area contributed by atoms with Gasteiger partial charge in [-0.15, -0.1) is 11.8 Å². The molecule has 0 amide bonds. The van der Waals surface area contributed by atoms with Crippen molar-refractivity contribution in [1.82, 2.24) is 9.97 Å². The molecule has 2 aromatic heterocycles. The molecule has 0 radical (unpaired) electrons. The molecule has 0 aliphatic heterocycles. The molecule has 2 heterocycles. The van der Waals surface area contributed by atoms with Crippen molar-refractivity contribution in [1.29, 1.82) is 0 Å². The van der Waals surface area contributed by atoms with Crippen LogP contribution < -0.4 is 4.74 Å². The van der Waals surface area contributed by atoms with Crippen molar-refractivity contribution in [2.24, 2.45) is 0 Å². The Morgan fingerprint density at radius 2 is 2.05 bits per heavy atom. The van der Waals surface area contributed by atoms with Crippen LogP contribution in [0.2, 0.25) is 5.02 Å². The first kappa shape index (κ1) is 16.7. The van der Waals surface area contributed by atoms with Gasteiger partial charge in [-0.05, 0) is 0 Å². The number of halogens is 4. The Balaban J connectivity index is 2.24. The van der Waals surface area contributed by atoms with E-state index in [1.54, 1.807) is 0 Å². The number of thioether (sulfide) groups is 1. The van der Waals surface area contributed by atoms with Gasteiger partial charge >= 0.3 is 6.18 Å². The van der Waals surface area contributed by atoms with E-state index in [1.165, 1.54) is 19.5 Å². The first-order valence-electron chi connectivity index (χ1n) is 5.88. The summed E-state index contributed by atoms with van der Waals surface area (Å²) in [4.78, 5) is 7.34.